The molecule has 2 N–H and O–H groups in total. The van der Waals surface area contributed by atoms with Crippen LogP contribution in [0.15, 0.2) is 59.7 Å². The van der Waals surface area contributed by atoms with E-state index in [0.29, 0.717) is 5.57 Å². The summed E-state index contributed by atoms with van der Waals surface area (Å²) in [6, 6.07) is 8.20. The van der Waals surface area contributed by atoms with Crippen LogP contribution in [0.3, 0.4) is 0 Å². The summed E-state index contributed by atoms with van der Waals surface area (Å²) in [4.78, 5) is 52.9. The standard InChI is InChI=1S/C30H41N3O5/c1-18(2)27-29(36)31-17-26(35)38-28(21(5)14-19(3)15-24-12-10-9-11-13-24)22(6)20(4)16-25(34)32-23(7)30(37)33(27)8/h9-15,18,22-23,27-28H,4,16-17H2,1-3,5-8H3,(H,31,36)(H,32,34)/b19-15-,21-14+/t22-,23+,27?,28?/m1/s1. The third kappa shape index (κ3) is 8.43. The van der Waals surface area contributed by atoms with Gasteiger partial charge in [0.1, 0.15) is 24.7 Å². The minimum atomic E-state index is -0.837. The van der Waals surface area contributed by atoms with Gasteiger partial charge >= 0.3 is 5.97 Å². The first-order valence-corrected chi connectivity index (χ1v) is 12.9. The molecule has 0 aliphatic carbocycles. The maximum Gasteiger partial charge on any atom is 0.326 e. The van der Waals surface area contributed by atoms with Crippen molar-refractivity contribution in [2.75, 3.05) is 13.6 Å². The van der Waals surface area contributed by atoms with Crippen LogP contribution in [-0.2, 0) is 23.9 Å². The van der Waals surface area contributed by atoms with Gasteiger partial charge in [0.15, 0.2) is 0 Å². The van der Waals surface area contributed by atoms with Gasteiger partial charge in [0.05, 0.1) is 0 Å². The normalized spacial score (nSPS) is 25.4. The Hall–Kier alpha value is -3.68. The summed E-state index contributed by atoms with van der Waals surface area (Å²) in [5.74, 6) is -2.49. The second-order valence-electron chi connectivity index (χ2n) is 10.4. The summed E-state index contributed by atoms with van der Waals surface area (Å²) in [5, 5.41) is 5.33. The number of allylic oxidation sites excluding steroid dienone is 2. The SMILES string of the molecule is C=C1CC(=O)N[C@@H](C)C(=O)N(C)C(C(C)C)C(=O)NCC(=O)OC(/C(C)=C/C(C)=C\c2ccccc2)[C@@H]1C. The molecule has 0 bridgehead atoms. The van der Waals surface area contributed by atoms with Crippen LogP contribution in [0.5, 0.6) is 0 Å². The number of esters is 1. The number of cyclic esters (lactones) is 1. The predicted octanol–water partition coefficient (Wildman–Crippen LogP) is 3.65. The zero-order valence-electron chi connectivity index (χ0n) is 23.5. The molecule has 8 nitrogen and oxygen atoms in total. The highest BCUT2D eigenvalue weighted by Crippen LogP contribution is 2.26. The second kappa shape index (κ2) is 13.7. The summed E-state index contributed by atoms with van der Waals surface area (Å²) in [6.45, 7) is 14.6. The van der Waals surface area contributed by atoms with Crippen LogP contribution in [0.4, 0.5) is 0 Å². The lowest BCUT2D eigenvalue weighted by Gasteiger charge is -2.32. The number of hydrogen-bond acceptors (Lipinski definition) is 5. The average molecular weight is 524 g/mol. The van der Waals surface area contributed by atoms with E-state index < -0.39 is 41.9 Å². The van der Waals surface area contributed by atoms with Crippen LogP contribution < -0.4 is 10.6 Å². The molecule has 4 atom stereocenters. The molecule has 1 saturated heterocycles. The highest BCUT2D eigenvalue weighted by Gasteiger charge is 2.34. The highest BCUT2D eigenvalue weighted by atomic mass is 16.5. The van der Waals surface area contributed by atoms with E-state index in [1.54, 1.807) is 6.92 Å². The van der Waals surface area contributed by atoms with Crippen molar-refractivity contribution >= 4 is 29.8 Å². The number of amides is 3. The minimum absolute atomic E-state index is 0.0343. The van der Waals surface area contributed by atoms with Gasteiger partial charge in [-0.1, -0.05) is 81.0 Å². The molecule has 1 fully saturated rings. The van der Waals surface area contributed by atoms with Gasteiger partial charge in [-0.15, -0.1) is 0 Å². The van der Waals surface area contributed by atoms with Gasteiger partial charge < -0.3 is 20.3 Å². The lowest BCUT2D eigenvalue weighted by molar-refractivity contribution is -0.149. The van der Waals surface area contributed by atoms with E-state index in [2.05, 4.69) is 17.2 Å². The third-order valence-electron chi connectivity index (χ3n) is 6.66. The van der Waals surface area contributed by atoms with E-state index in [4.69, 9.17) is 4.74 Å². The Balaban J connectivity index is 2.40. The van der Waals surface area contributed by atoms with E-state index in [0.717, 1.165) is 16.7 Å². The van der Waals surface area contributed by atoms with Crippen molar-refractivity contribution in [2.45, 2.75) is 66.2 Å². The average Bonchev–Trinajstić information content (AvgIpc) is 2.84. The number of ether oxygens (including phenoxy) is 1. The van der Waals surface area contributed by atoms with Gasteiger partial charge in [-0.2, -0.15) is 0 Å². The molecule has 2 unspecified atom stereocenters. The molecule has 206 valence electrons. The molecular formula is C30H41N3O5. The summed E-state index contributed by atoms with van der Waals surface area (Å²) in [6.07, 6.45) is 3.22. The van der Waals surface area contributed by atoms with Crippen molar-refractivity contribution in [1.29, 1.82) is 0 Å². The Bertz CT molecular complexity index is 1110. The van der Waals surface area contributed by atoms with Gasteiger partial charge in [-0.05, 0) is 37.8 Å². The van der Waals surface area contributed by atoms with Gasteiger partial charge in [-0.25, -0.2) is 0 Å². The predicted molar refractivity (Wildman–Crippen MR) is 149 cm³/mol. The van der Waals surface area contributed by atoms with Crippen LogP contribution in [0, 0.1) is 11.8 Å². The van der Waals surface area contributed by atoms with Crippen LogP contribution in [0.25, 0.3) is 6.08 Å². The van der Waals surface area contributed by atoms with Crippen LogP contribution >= 0.6 is 0 Å². The Labute approximate surface area is 226 Å². The Kier molecular flexibility index (Phi) is 11.0. The van der Waals surface area contributed by atoms with Crippen molar-refractivity contribution in [3.05, 3.63) is 65.3 Å². The monoisotopic (exact) mass is 523 g/mol. The number of rotatable bonds is 4. The quantitative estimate of drug-likeness (QED) is 0.356. The molecule has 1 aromatic rings. The number of carbonyl (C=O) groups is 4. The first-order valence-electron chi connectivity index (χ1n) is 12.9. The fraction of sp³-hybridized carbons (Fsp3) is 0.467. The molecule has 0 spiro atoms. The first-order chi connectivity index (χ1) is 17.8. The van der Waals surface area contributed by atoms with Crippen molar-refractivity contribution in [1.82, 2.24) is 15.5 Å². The second-order valence-corrected chi connectivity index (χ2v) is 10.4. The van der Waals surface area contributed by atoms with Crippen molar-refractivity contribution in [3.63, 3.8) is 0 Å². The summed E-state index contributed by atoms with van der Waals surface area (Å²) >= 11 is 0. The van der Waals surface area contributed by atoms with E-state index >= 15 is 0 Å². The van der Waals surface area contributed by atoms with E-state index in [-0.39, 0.29) is 24.8 Å². The van der Waals surface area contributed by atoms with Gasteiger partial charge in [0, 0.05) is 19.4 Å². The number of likely N-dealkylation sites (N-methyl/N-ethyl adjacent to an activating group) is 1. The first kappa shape index (κ1) is 30.5. The maximum atomic E-state index is 13.0. The third-order valence-corrected chi connectivity index (χ3v) is 6.66. The lowest BCUT2D eigenvalue weighted by atomic mass is 9.88. The maximum absolute atomic E-state index is 13.0. The summed E-state index contributed by atoms with van der Waals surface area (Å²) in [5.41, 5.74) is 3.33. The van der Waals surface area contributed by atoms with Crippen molar-refractivity contribution in [3.8, 4) is 0 Å². The Morgan fingerprint density at radius 2 is 1.74 bits per heavy atom. The topological polar surface area (TPSA) is 105 Å². The molecule has 1 aliphatic rings. The summed E-state index contributed by atoms with van der Waals surface area (Å²) < 4.78 is 5.85. The number of carbonyl (C=O) groups excluding carboxylic acids is 4. The smallest absolute Gasteiger partial charge is 0.326 e. The highest BCUT2D eigenvalue weighted by molar-refractivity contribution is 5.93. The van der Waals surface area contributed by atoms with E-state index in [1.165, 1.54) is 11.9 Å². The zero-order chi connectivity index (χ0) is 28.6. The lowest BCUT2D eigenvalue weighted by Crippen LogP contribution is -2.55. The molecule has 8 heteroatoms. The van der Waals surface area contributed by atoms with Crippen molar-refractivity contribution < 1.29 is 23.9 Å². The molecule has 1 heterocycles. The molecule has 0 aromatic heterocycles. The fourth-order valence-corrected chi connectivity index (χ4v) is 4.64. The van der Waals surface area contributed by atoms with Crippen LogP contribution in [0.2, 0.25) is 0 Å². The van der Waals surface area contributed by atoms with E-state index in [1.807, 2.05) is 77.1 Å². The summed E-state index contributed by atoms with van der Waals surface area (Å²) in [7, 11) is 1.52. The minimum Gasteiger partial charge on any atom is -0.456 e. The molecule has 3 amide bonds. The molecule has 38 heavy (non-hydrogen) atoms. The molecule has 1 aliphatic heterocycles. The number of nitrogens with zero attached hydrogens (tertiary/aromatic N) is 1. The number of benzene rings is 1. The molecule has 0 radical (unpaired) electrons. The van der Waals surface area contributed by atoms with Crippen molar-refractivity contribution in [2.24, 2.45) is 11.8 Å². The molecular weight excluding hydrogens is 482 g/mol. The Morgan fingerprint density at radius 1 is 1.11 bits per heavy atom. The Morgan fingerprint density at radius 3 is 2.34 bits per heavy atom. The van der Waals surface area contributed by atoms with Crippen LogP contribution in [0.1, 0.15) is 53.5 Å². The molecule has 1 aromatic carbocycles. The van der Waals surface area contributed by atoms with E-state index in [9.17, 15) is 19.2 Å². The van der Waals surface area contributed by atoms with Gasteiger partial charge in [0.25, 0.3) is 0 Å². The number of nitrogens with one attached hydrogen (secondary N) is 2. The van der Waals surface area contributed by atoms with Gasteiger partial charge in [0.2, 0.25) is 17.7 Å². The molecule has 0 saturated carbocycles. The van der Waals surface area contributed by atoms with Gasteiger partial charge in [-0.3, -0.25) is 19.2 Å². The molecule has 2 rings (SSSR count). The van der Waals surface area contributed by atoms with Crippen LogP contribution in [-0.4, -0.2) is 60.4 Å². The largest absolute Gasteiger partial charge is 0.456 e. The fourth-order valence-electron chi connectivity index (χ4n) is 4.64. The zero-order valence-corrected chi connectivity index (χ0v) is 23.5. The number of hydrogen-bond donors (Lipinski definition) is 2.